The van der Waals surface area contributed by atoms with E-state index in [2.05, 4.69) is 36.9 Å². The summed E-state index contributed by atoms with van der Waals surface area (Å²) in [4.78, 5) is 32.8. The number of hydrogen-bond acceptors (Lipinski definition) is 5. The minimum absolute atomic E-state index is 0.0946. The molecule has 2 aromatic rings. The van der Waals surface area contributed by atoms with Crippen LogP contribution in [0, 0.1) is 13.8 Å². The van der Waals surface area contributed by atoms with Crippen LogP contribution in [0.5, 0.6) is 5.75 Å². The highest BCUT2D eigenvalue weighted by molar-refractivity contribution is 6.07. The van der Waals surface area contributed by atoms with Crippen LogP contribution in [0.1, 0.15) is 35.1 Å². The molecule has 2 aliphatic rings. The number of benzene rings is 2. The van der Waals surface area contributed by atoms with Crippen molar-refractivity contribution in [2.75, 3.05) is 40.5 Å². The van der Waals surface area contributed by atoms with E-state index in [1.165, 1.54) is 21.6 Å². The Hall–Kier alpha value is -2.90. The van der Waals surface area contributed by atoms with Gasteiger partial charge in [0, 0.05) is 33.3 Å². The van der Waals surface area contributed by atoms with Gasteiger partial charge in [0.05, 0.1) is 20.3 Å². The summed E-state index contributed by atoms with van der Waals surface area (Å²) in [5.74, 6) is 0.616. The predicted molar refractivity (Wildman–Crippen MR) is 131 cm³/mol. The zero-order chi connectivity index (χ0) is 24.3. The highest BCUT2D eigenvalue weighted by Gasteiger charge is 2.57. The van der Waals surface area contributed by atoms with Crippen molar-refractivity contribution in [2.24, 2.45) is 0 Å². The van der Waals surface area contributed by atoms with E-state index in [9.17, 15) is 9.59 Å². The first kappa shape index (κ1) is 24.2. The molecule has 0 atom stereocenters. The summed E-state index contributed by atoms with van der Waals surface area (Å²) in [6, 6.07) is 13.7. The first-order chi connectivity index (χ1) is 16.4. The molecule has 2 heterocycles. The van der Waals surface area contributed by atoms with Crippen molar-refractivity contribution in [1.29, 1.82) is 0 Å². The lowest BCUT2D eigenvalue weighted by Gasteiger charge is -2.42. The zero-order valence-electron chi connectivity index (χ0n) is 20.7. The monoisotopic (exact) mass is 465 g/mol. The van der Waals surface area contributed by atoms with Crippen molar-refractivity contribution in [2.45, 2.75) is 45.3 Å². The molecule has 4 rings (SSSR count). The Bertz CT molecular complexity index is 1050. The number of aryl methyl sites for hydroxylation is 1. The molecule has 2 saturated heterocycles. The van der Waals surface area contributed by atoms with Crippen molar-refractivity contribution < 1.29 is 19.1 Å². The van der Waals surface area contributed by atoms with E-state index in [1.54, 1.807) is 19.1 Å². The highest BCUT2D eigenvalue weighted by Crippen LogP contribution is 2.38. The van der Waals surface area contributed by atoms with Gasteiger partial charge in [-0.3, -0.25) is 14.6 Å². The quantitative estimate of drug-likeness (QED) is 0.556. The number of urea groups is 1. The van der Waals surface area contributed by atoms with Crippen LogP contribution in [-0.2, 0) is 22.6 Å². The third kappa shape index (κ3) is 4.55. The summed E-state index contributed by atoms with van der Waals surface area (Å²) < 4.78 is 10.6. The van der Waals surface area contributed by atoms with Gasteiger partial charge in [0.1, 0.15) is 11.3 Å². The average molecular weight is 466 g/mol. The van der Waals surface area contributed by atoms with Crippen molar-refractivity contribution in [3.63, 3.8) is 0 Å². The Kier molecular flexibility index (Phi) is 7.24. The smallest absolute Gasteiger partial charge is 0.328 e. The summed E-state index contributed by atoms with van der Waals surface area (Å²) in [7, 11) is 3.23. The number of nitrogens with zero attached hydrogens (tertiary/aromatic N) is 3. The van der Waals surface area contributed by atoms with Crippen LogP contribution in [0.4, 0.5) is 4.79 Å². The molecular weight excluding hydrogens is 430 g/mol. The van der Waals surface area contributed by atoms with Crippen LogP contribution >= 0.6 is 0 Å². The molecule has 2 aliphatic heterocycles. The molecule has 182 valence electrons. The van der Waals surface area contributed by atoms with Gasteiger partial charge in [0.15, 0.2) is 0 Å². The normalized spacial score (nSPS) is 18.2. The third-order valence-electron chi connectivity index (χ3n) is 7.41. The highest BCUT2D eigenvalue weighted by atomic mass is 16.5. The second-order valence-electron chi connectivity index (χ2n) is 9.34. The van der Waals surface area contributed by atoms with Gasteiger partial charge >= 0.3 is 6.03 Å². The molecule has 0 radical (unpaired) electrons. The van der Waals surface area contributed by atoms with E-state index in [4.69, 9.17) is 9.47 Å². The topological polar surface area (TPSA) is 62.3 Å². The maximum absolute atomic E-state index is 13.8. The first-order valence-electron chi connectivity index (χ1n) is 11.9. The fourth-order valence-corrected chi connectivity index (χ4v) is 5.16. The van der Waals surface area contributed by atoms with Crippen LogP contribution in [0.2, 0.25) is 0 Å². The van der Waals surface area contributed by atoms with Crippen LogP contribution in [0.15, 0.2) is 42.5 Å². The number of carbonyl (C=O) groups excluding carboxylic acids is 2. The largest absolute Gasteiger partial charge is 0.497 e. The Morgan fingerprint density at radius 2 is 1.71 bits per heavy atom. The van der Waals surface area contributed by atoms with Crippen molar-refractivity contribution in [1.82, 2.24) is 14.7 Å². The van der Waals surface area contributed by atoms with Crippen LogP contribution in [0.25, 0.3) is 0 Å². The molecule has 2 fully saturated rings. The molecule has 2 aromatic carbocycles. The summed E-state index contributed by atoms with van der Waals surface area (Å²) in [6.07, 6.45) is 1.25. The molecule has 0 N–H and O–H groups in total. The summed E-state index contributed by atoms with van der Waals surface area (Å²) in [5.41, 5.74) is 4.01. The molecule has 7 nitrogen and oxygen atoms in total. The molecule has 0 aromatic heterocycles. The minimum atomic E-state index is -0.799. The van der Waals surface area contributed by atoms with Crippen LogP contribution in [-0.4, -0.2) is 72.6 Å². The van der Waals surface area contributed by atoms with Gasteiger partial charge in [-0.15, -0.1) is 0 Å². The van der Waals surface area contributed by atoms with Crippen molar-refractivity contribution in [3.8, 4) is 5.75 Å². The summed E-state index contributed by atoms with van der Waals surface area (Å²) in [6.45, 7) is 7.75. The van der Waals surface area contributed by atoms with Gasteiger partial charge in [0.2, 0.25) is 0 Å². The van der Waals surface area contributed by atoms with E-state index >= 15 is 0 Å². The molecule has 0 aliphatic carbocycles. The molecule has 7 heteroatoms. The summed E-state index contributed by atoms with van der Waals surface area (Å²) >= 11 is 0. The number of amides is 3. The lowest BCUT2D eigenvalue weighted by Crippen LogP contribution is -2.57. The molecule has 3 amide bonds. The first-order valence-corrected chi connectivity index (χ1v) is 11.9. The number of piperidine rings is 1. The van der Waals surface area contributed by atoms with Gasteiger partial charge in [0.25, 0.3) is 5.91 Å². The van der Waals surface area contributed by atoms with E-state index < -0.39 is 5.54 Å². The van der Waals surface area contributed by atoms with E-state index in [0.717, 1.165) is 25.2 Å². The van der Waals surface area contributed by atoms with Gasteiger partial charge in [-0.05, 0) is 61.1 Å². The second-order valence-corrected chi connectivity index (χ2v) is 9.34. The van der Waals surface area contributed by atoms with E-state index in [0.29, 0.717) is 31.7 Å². The standard InChI is InChI=1S/C27H35N3O4/c1-20-7-5-9-23(21(20)2)19-28-13-11-27(12-14-28)25(31)29(26(32)30(27)15-16-33-3)18-22-8-6-10-24(17-22)34-4/h5-10,17H,11-16,18-19H2,1-4H3. The maximum Gasteiger partial charge on any atom is 0.328 e. The van der Waals surface area contributed by atoms with E-state index in [1.807, 2.05) is 24.3 Å². The number of methoxy groups -OCH3 is 2. The molecule has 0 saturated carbocycles. The van der Waals surface area contributed by atoms with Gasteiger partial charge < -0.3 is 14.4 Å². The Labute approximate surface area is 202 Å². The van der Waals surface area contributed by atoms with Crippen LogP contribution in [0.3, 0.4) is 0 Å². The molecular formula is C27H35N3O4. The predicted octanol–water partition coefficient (Wildman–Crippen LogP) is 3.76. The fourth-order valence-electron chi connectivity index (χ4n) is 5.16. The number of carbonyl (C=O) groups is 2. The molecule has 1 spiro atoms. The van der Waals surface area contributed by atoms with Gasteiger partial charge in [-0.1, -0.05) is 30.3 Å². The third-order valence-corrected chi connectivity index (χ3v) is 7.41. The van der Waals surface area contributed by atoms with Crippen molar-refractivity contribution >= 4 is 11.9 Å². The number of ether oxygens (including phenoxy) is 2. The maximum atomic E-state index is 13.8. The second kappa shape index (κ2) is 10.2. The van der Waals surface area contributed by atoms with E-state index in [-0.39, 0.29) is 18.5 Å². The fraction of sp³-hybridized carbons (Fsp3) is 0.481. The van der Waals surface area contributed by atoms with Gasteiger partial charge in [-0.2, -0.15) is 0 Å². The Morgan fingerprint density at radius 1 is 0.971 bits per heavy atom. The summed E-state index contributed by atoms with van der Waals surface area (Å²) in [5, 5.41) is 0. The lowest BCUT2D eigenvalue weighted by molar-refractivity contribution is -0.136. The number of likely N-dealkylation sites (tertiary alicyclic amines) is 1. The molecule has 0 unspecified atom stereocenters. The minimum Gasteiger partial charge on any atom is -0.497 e. The zero-order valence-corrected chi connectivity index (χ0v) is 20.7. The molecule has 0 bridgehead atoms. The SMILES string of the molecule is COCCN1C(=O)N(Cc2cccc(OC)c2)C(=O)C12CCN(Cc1cccc(C)c1C)CC2. The Morgan fingerprint density at radius 3 is 2.41 bits per heavy atom. The molecule has 34 heavy (non-hydrogen) atoms. The number of hydrogen-bond donors (Lipinski definition) is 0. The lowest BCUT2D eigenvalue weighted by atomic mass is 9.85. The number of imide groups is 1. The van der Waals surface area contributed by atoms with Gasteiger partial charge in [-0.25, -0.2) is 4.79 Å². The average Bonchev–Trinajstić information content (AvgIpc) is 3.03. The van der Waals surface area contributed by atoms with Crippen molar-refractivity contribution in [3.05, 3.63) is 64.7 Å². The number of rotatable bonds is 8. The van der Waals surface area contributed by atoms with Crippen LogP contribution < -0.4 is 4.74 Å². The Balaban J connectivity index is 1.52.